The molecule has 0 unspecified atom stereocenters. The molecule has 2 N–H and O–H groups in total. The van der Waals surface area contributed by atoms with E-state index in [9.17, 15) is 10.2 Å². The largest absolute Gasteiger partial charge is 0.505 e. The molecule has 6 nitrogen and oxygen atoms in total. The molecule has 0 radical (unpaired) electrons. The molecule has 0 spiro atoms. The highest BCUT2D eigenvalue weighted by Crippen LogP contribution is 2.51. The number of hydrogen-bond donors (Lipinski definition) is 2. The summed E-state index contributed by atoms with van der Waals surface area (Å²) >= 11 is 0. The summed E-state index contributed by atoms with van der Waals surface area (Å²) in [6.45, 7) is 13.9. The van der Waals surface area contributed by atoms with Crippen LogP contribution < -0.4 is 4.74 Å². The summed E-state index contributed by atoms with van der Waals surface area (Å²) in [5.41, 5.74) is 10.9. The Morgan fingerprint density at radius 1 is 0.500 bits per heavy atom. The maximum atomic E-state index is 12.7. The van der Waals surface area contributed by atoms with E-state index in [2.05, 4.69) is 129 Å². The number of benzene rings is 7. The predicted octanol–water partition coefficient (Wildman–Crippen LogP) is 13.0. The standard InChI is InChI=1S/C52H48N2O4/c1-7-57-24-25-58-51-41(39-26-32(2)28-47(49(39)55)53-43-20-12-8-16-35(43)36-17-9-13-21-44(36)53)30-34(52(4,5)6)31-42(51)40-27-33(3)29-48(50(40)56)54-45-22-14-10-18-37(45)38-19-11-15-23-46(38)54/h8-23,26-31,55-56H,7,24-25H2,1-6H3. The van der Waals surface area contributed by atoms with Crippen LogP contribution in [0.1, 0.15) is 44.4 Å². The monoisotopic (exact) mass is 764 g/mol. The summed E-state index contributed by atoms with van der Waals surface area (Å²) < 4.78 is 16.9. The van der Waals surface area contributed by atoms with Gasteiger partial charge in [-0.25, -0.2) is 0 Å². The number of phenolic OH excluding ortho intramolecular Hbond substituents is 2. The molecule has 0 atom stereocenters. The SMILES string of the molecule is CCOCCOc1c(-c2cc(C)cc(-n3c4ccccc4c4ccccc43)c2O)cc(C(C)(C)C)cc1-c1cc(C)cc(-n2c3ccccc3c3ccccc32)c1O. The zero-order valence-corrected chi connectivity index (χ0v) is 33.9. The van der Waals surface area contributed by atoms with Crippen molar-refractivity contribution in [2.45, 2.75) is 47.0 Å². The first-order valence-electron chi connectivity index (χ1n) is 20.1. The van der Waals surface area contributed by atoms with Gasteiger partial charge in [-0.1, -0.05) is 93.6 Å². The number of aryl methyl sites for hydroxylation is 2. The lowest BCUT2D eigenvalue weighted by atomic mass is 9.82. The van der Waals surface area contributed by atoms with E-state index < -0.39 is 0 Å². The number of fused-ring (bicyclic) bond motifs is 6. The van der Waals surface area contributed by atoms with Gasteiger partial charge in [-0.05, 0) is 104 Å². The van der Waals surface area contributed by atoms with Gasteiger partial charge < -0.3 is 28.8 Å². The maximum absolute atomic E-state index is 12.7. The van der Waals surface area contributed by atoms with Crippen LogP contribution in [0.5, 0.6) is 17.2 Å². The number of ether oxygens (including phenoxy) is 2. The Labute approximate surface area is 339 Å². The summed E-state index contributed by atoms with van der Waals surface area (Å²) in [5.74, 6) is 0.849. The molecule has 0 amide bonds. The van der Waals surface area contributed by atoms with Crippen LogP contribution in [0, 0.1) is 13.8 Å². The van der Waals surface area contributed by atoms with E-state index in [4.69, 9.17) is 9.47 Å². The Morgan fingerprint density at radius 2 is 0.879 bits per heavy atom. The maximum Gasteiger partial charge on any atom is 0.147 e. The number of hydrogen-bond acceptors (Lipinski definition) is 4. The highest BCUT2D eigenvalue weighted by molar-refractivity contribution is 6.11. The summed E-state index contributed by atoms with van der Waals surface area (Å²) in [7, 11) is 0. The molecule has 0 aliphatic rings. The second-order valence-corrected chi connectivity index (χ2v) is 16.3. The van der Waals surface area contributed by atoms with Crippen molar-refractivity contribution in [2.24, 2.45) is 0 Å². The van der Waals surface area contributed by atoms with Crippen molar-refractivity contribution in [3.63, 3.8) is 0 Å². The molecule has 7 aromatic carbocycles. The number of rotatable bonds is 9. The third-order valence-electron chi connectivity index (χ3n) is 11.3. The Morgan fingerprint density at radius 3 is 1.24 bits per heavy atom. The highest BCUT2D eigenvalue weighted by Gasteiger charge is 2.28. The summed E-state index contributed by atoms with van der Waals surface area (Å²) in [6, 6.07) is 45.8. The number of aromatic nitrogens is 2. The average molecular weight is 765 g/mol. The topological polar surface area (TPSA) is 68.8 Å². The van der Waals surface area contributed by atoms with Crippen LogP contribution in [0.4, 0.5) is 0 Å². The fourth-order valence-corrected chi connectivity index (χ4v) is 8.60. The summed E-state index contributed by atoms with van der Waals surface area (Å²) in [5, 5.41) is 29.8. The van der Waals surface area contributed by atoms with Crippen molar-refractivity contribution in [2.75, 3.05) is 19.8 Å². The Bertz CT molecular complexity index is 2740. The normalized spacial score (nSPS) is 12.0. The van der Waals surface area contributed by atoms with Crippen LogP contribution in [0.15, 0.2) is 133 Å². The summed E-state index contributed by atoms with van der Waals surface area (Å²) in [6.07, 6.45) is 0. The third kappa shape index (κ3) is 6.16. The van der Waals surface area contributed by atoms with Crippen LogP contribution in [-0.4, -0.2) is 39.2 Å². The fraction of sp³-hybridized carbons (Fsp3) is 0.192. The molecular weight excluding hydrogens is 717 g/mol. The van der Waals surface area contributed by atoms with E-state index in [1.165, 1.54) is 0 Å². The molecule has 0 aliphatic carbocycles. The van der Waals surface area contributed by atoms with E-state index in [0.29, 0.717) is 41.5 Å². The molecule has 2 heterocycles. The average Bonchev–Trinajstić information content (AvgIpc) is 3.73. The van der Waals surface area contributed by atoms with Crippen LogP contribution in [0.3, 0.4) is 0 Å². The van der Waals surface area contributed by atoms with E-state index in [-0.39, 0.29) is 23.5 Å². The first-order valence-corrected chi connectivity index (χ1v) is 20.1. The lowest BCUT2D eigenvalue weighted by Crippen LogP contribution is -2.13. The smallest absolute Gasteiger partial charge is 0.147 e. The first kappa shape index (κ1) is 37.1. The predicted molar refractivity (Wildman–Crippen MR) is 239 cm³/mol. The van der Waals surface area contributed by atoms with Crippen molar-refractivity contribution in [1.82, 2.24) is 9.13 Å². The Hall–Kier alpha value is -6.50. The van der Waals surface area contributed by atoms with Gasteiger partial charge in [-0.15, -0.1) is 0 Å². The number of phenols is 2. The molecule has 58 heavy (non-hydrogen) atoms. The van der Waals surface area contributed by atoms with Crippen molar-refractivity contribution in [1.29, 1.82) is 0 Å². The summed E-state index contributed by atoms with van der Waals surface area (Å²) in [4.78, 5) is 0. The second-order valence-electron chi connectivity index (χ2n) is 16.3. The van der Waals surface area contributed by atoms with Gasteiger partial charge in [0.1, 0.15) is 23.9 Å². The quantitative estimate of drug-likeness (QED) is 0.144. The molecule has 0 fully saturated rings. The first-order chi connectivity index (χ1) is 28.0. The molecule has 9 rings (SSSR count). The van der Waals surface area contributed by atoms with Crippen molar-refractivity contribution < 1.29 is 19.7 Å². The van der Waals surface area contributed by atoms with Crippen LogP contribution in [-0.2, 0) is 10.2 Å². The third-order valence-corrected chi connectivity index (χ3v) is 11.3. The molecular formula is C52H48N2O4. The second kappa shape index (κ2) is 14.5. The zero-order chi connectivity index (χ0) is 40.3. The van der Waals surface area contributed by atoms with Gasteiger partial charge in [-0.2, -0.15) is 0 Å². The minimum absolute atomic E-state index is 0.142. The Kier molecular flexibility index (Phi) is 9.25. The van der Waals surface area contributed by atoms with Gasteiger partial charge in [-0.3, -0.25) is 0 Å². The number of nitrogens with zero attached hydrogens (tertiary/aromatic N) is 2. The minimum atomic E-state index is -0.294. The zero-order valence-electron chi connectivity index (χ0n) is 33.9. The van der Waals surface area contributed by atoms with Crippen molar-refractivity contribution >= 4 is 43.6 Å². The molecule has 0 saturated heterocycles. The highest BCUT2D eigenvalue weighted by atomic mass is 16.5. The van der Waals surface area contributed by atoms with E-state index in [1.807, 2.05) is 55.5 Å². The van der Waals surface area contributed by atoms with Gasteiger partial charge in [0, 0.05) is 50.4 Å². The minimum Gasteiger partial charge on any atom is -0.505 e. The molecule has 2 aromatic heterocycles. The van der Waals surface area contributed by atoms with Crippen molar-refractivity contribution in [3.05, 3.63) is 150 Å². The molecule has 9 aromatic rings. The molecule has 0 aliphatic heterocycles. The van der Waals surface area contributed by atoms with E-state index in [1.54, 1.807) is 0 Å². The van der Waals surface area contributed by atoms with Gasteiger partial charge >= 0.3 is 0 Å². The van der Waals surface area contributed by atoms with E-state index >= 15 is 0 Å². The van der Waals surface area contributed by atoms with Crippen LogP contribution >= 0.6 is 0 Å². The van der Waals surface area contributed by atoms with Gasteiger partial charge in [0.15, 0.2) is 0 Å². The van der Waals surface area contributed by atoms with Crippen LogP contribution in [0.2, 0.25) is 0 Å². The van der Waals surface area contributed by atoms with E-state index in [0.717, 1.165) is 71.4 Å². The van der Waals surface area contributed by atoms with Crippen molar-refractivity contribution in [3.8, 4) is 50.9 Å². The van der Waals surface area contributed by atoms with Gasteiger partial charge in [0.2, 0.25) is 0 Å². The number of aromatic hydroxyl groups is 2. The van der Waals surface area contributed by atoms with Gasteiger partial charge in [0.05, 0.1) is 40.0 Å². The Balaban J connectivity index is 1.34. The number of para-hydroxylation sites is 4. The molecule has 290 valence electrons. The lowest BCUT2D eigenvalue weighted by molar-refractivity contribution is 0.110. The van der Waals surface area contributed by atoms with Gasteiger partial charge in [0.25, 0.3) is 0 Å². The lowest BCUT2D eigenvalue weighted by Gasteiger charge is -2.26. The fourth-order valence-electron chi connectivity index (χ4n) is 8.60. The van der Waals surface area contributed by atoms with Crippen LogP contribution in [0.25, 0.3) is 77.2 Å². The molecule has 0 bridgehead atoms. The molecule has 6 heteroatoms. The molecule has 0 saturated carbocycles.